The Morgan fingerprint density at radius 1 is 1.00 bits per heavy atom. The van der Waals surface area contributed by atoms with Crippen LogP contribution in [-0.4, -0.2) is 37.7 Å². The van der Waals surface area contributed by atoms with Gasteiger partial charge in [0.05, 0.1) is 13.2 Å². The van der Waals surface area contributed by atoms with E-state index in [9.17, 15) is 9.59 Å². The number of esters is 1. The lowest BCUT2D eigenvalue weighted by molar-refractivity contribution is -0.190. The summed E-state index contributed by atoms with van der Waals surface area (Å²) >= 11 is 0. The molecule has 0 fully saturated rings. The number of carbonyl (C=O) groups is 2. The zero-order valence-electron chi connectivity index (χ0n) is 10.2. The molecular formula is C10H18O6. The number of hydrogen-bond acceptors (Lipinski definition) is 6. The minimum Gasteiger partial charge on any atom is -0.438 e. The predicted octanol–water partition coefficient (Wildman–Crippen LogP) is 1.47. The van der Waals surface area contributed by atoms with Crippen LogP contribution in [0.4, 0.5) is 4.79 Å². The Hall–Kier alpha value is -1.30. The lowest BCUT2D eigenvalue weighted by Gasteiger charge is -2.18. The molecule has 0 amide bonds. The van der Waals surface area contributed by atoms with Crippen molar-refractivity contribution in [3.63, 3.8) is 0 Å². The summed E-state index contributed by atoms with van der Waals surface area (Å²) in [7, 11) is 1.16. The summed E-state index contributed by atoms with van der Waals surface area (Å²) in [4.78, 5) is 22.1. The van der Waals surface area contributed by atoms with Gasteiger partial charge in [0.2, 0.25) is 6.29 Å². The van der Waals surface area contributed by atoms with Gasteiger partial charge in [-0.15, -0.1) is 0 Å². The molecule has 94 valence electrons. The third kappa shape index (κ3) is 6.23. The molecule has 0 N–H and O–H groups in total. The Morgan fingerprint density at radius 2 is 1.56 bits per heavy atom. The van der Waals surface area contributed by atoms with Crippen molar-refractivity contribution in [1.82, 2.24) is 0 Å². The molecule has 0 bridgehead atoms. The fourth-order valence-corrected chi connectivity index (χ4v) is 0.911. The van der Waals surface area contributed by atoms with Crippen LogP contribution in [0, 0.1) is 0 Å². The molecule has 0 aliphatic rings. The maximum absolute atomic E-state index is 11.4. The SMILES string of the molecule is COC(=O)OC(C)C(=O)OC(C)OC(C)C. The zero-order chi connectivity index (χ0) is 12.7. The summed E-state index contributed by atoms with van der Waals surface area (Å²) in [5.41, 5.74) is 0. The summed E-state index contributed by atoms with van der Waals surface area (Å²) < 4.78 is 18.9. The van der Waals surface area contributed by atoms with Crippen LogP contribution in [0.1, 0.15) is 27.7 Å². The molecule has 0 aromatic carbocycles. The van der Waals surface area contributed by atoms with Gasteiger partial charge >= 0.3 is 12.1 Å². The van der Waals surface area contributed by atoms with Crippen molar-refractivity contribution >= 4 is 12.1 Å². The number of carbonyl (C=O) groups excluding carboxylic acids is 2. The number of hydrogen-bond donors (Lipinski definition) is 0. The minimum absolute atomic E-state index is 0.0559. The Bertz CT molecular complexity index is 237. The van der Waals surface area contributed by atoms with Crippen molar-refractivity contribution in [2.45, 2.75) is 46.2 Å². The molecule has 0 aromatic rings. The topological polar surface area (TPSA) is 71.1 Å². The summed E-state index contributed by atoms with van der Waals surface area (Å²) in [6, 6.07) is 0. The van der Waals surface area contributed by atoms with Crippen LogP contribution in [0.25, 0.3) is 0 Å². The van der Waals surface area contributed by atoms with Crippen LogP contribution in [0.15, 0.2) is 0 Å². The Balaban J connectivity index is 4.00. The molecular weight excluding hydrogens is 216 g/mol. The van der Waals surface area contributed by atoms with Crippen molar-refractivity contribution in [2.24, 2.45) is 0 Å². The average molecular weight is 234 g/mol. The van der Waals surface area contributed by atoms with E-state index in [4.69, 9.17) is 9.47 Å². The third-order valence-corrected chi connectivity index (χ3v) is 1.52. The average Bonchev–Trinajstić information content (AvgIpc) is 2.15. The first-order chi connectivity index (χ1) is 7.36. The van der Waals surface area contributed by atoms with Gasteiger partial charge in [0.1, 0.15) is 0 Å². The first-order valence-corrected chi connectivity index (χ1v) is 4.97. The van der Waals surface area contributed by atoms with Crippen molar-refractivity contribution in [2.75, 3.05) is 7.11 Å². The van der Waals surface area contributed by atoms with Crippen molar-refractivity contribution < 1.29 is 28.5 Å². The van der Waals surface area contributed by atoms with Crippen molar-refractivity contribution in [3.05, 3.63) is 0 Å². The van der Waals surface area contributed by atoms with Gasteiger partial charge in [-0.05, 0) is 27.7 Å². The van der Waals surface area contributed by atoms with Crippen molar-refractivity contribution in [3.8, 4) is 0 Å². The molecule has 6 nitrogen and oxygen atoms in total. The molecule has 0 spiro atoms. The normalized spacial score (nSPS) is 14.1. The Labute approximate surface area is 94.8 Å². The smallest absolute Gasteiger partial charge is 0.438 e. The van der Waals surface area contributed by atoms with Gasteiger partial charge < -0.3 is 18.9 Å². The number of methoxy groups -OCH3 is 1. The van der Waals surface area contributed by atoms with E-state index in [2.05, 4.69) is 9.47 Å². The van der Waals surface area contributed by atoms with Crippen LogP contribution in [0.3, 0.4) is 0 Å². The zero-order valence-corrected chi connectivity index (χ0v) is 10.2. The molecule has 2 unspecified atom stereocenters. The molecule has 0 saturated heterocycles. The van der Waals surface area contributed by atoms with Gasteiger partial charge in [-0.3, -0.25) is 0 Å². The van der Waals surface area contributed by atoms with Crippen LogP contribution in [0.5, 0.6) is 0 Å². The highest BCUT2D eigenvalue weighted by Gasteiger charge is 2.22. The van der Waals surface area contributed by atoms with Gasteiger partial charge in [0, 0.05) is 0 Å². The molecule has 0 aromatic heterocycles. The first-order valence-electron chi connectivity index (χ1n) is 4.97. The van der Waals surface area contributed by atoms with E-state index in [0.29, 0.717) is 0 Å². The minimum atomic E-state index is -1.02. The summed E-state index contributed by atoms with van der Waals surface area (Å²) in [6.07, 6.45) is -2.69. The van der Waals surface area contributed by atoms with Crippen LogP contribution in [-0.2, 0) is 23.7 Å². The second-order valence-electron chi connectivity index (χ2n) is 3.40. The van der Waals surface area contributed by atoms with Gasteiger partial charge in [-0.2, -0.15) is 0 Å². The quantitative estimate of drug-likeness (QED) is 0.530. The second kappa shape index (κ2) is 7.05. The van der Waals surface area contributed by atoms with Gasteiger partial charge in [-0.1, -0.05) is 0 Å². The molecule has 2 atom stereocenters. The molecule has 16 heavy (non-hydrogen) atoms. The molecule has 0 saturated carbocycles. The van der Waals surface area contributed by atoms with E-state index < -0.39 is 24.5 Å². The maximum Gasteiger partial charge on any atom is 0.508 e. The highest BCUT2D eigenvalue weighted by Crippen LogP contribution is 2.03. The van der Waals surface area contributed by atoms with E-state index in [1.807, 2.05) is 13.8 Å². The molecule has 0 aliphatic heterocycles. The van der Waals surface area contributed by atoms with E-state index in [1.54, 1.807) is 6.92 Å². The lowest BCUT2D eigenvalue weighted by Crippen LogP contribution is -2.31. The largest absolute Gasteiger partial charge is 0.508 e. The molecule has 0 radical (unpaired) electrons. The summed E-state index contributed by atoms with van der Waals surface area (Å²) in [5.74, 6) is -0.682. The van der Waals surface area contributed by atoms with Crippen LogP contribution in [0.2, 0.25) is 0 Å². The fraction of sp³-hybridized carbons (Fsp3) is 0.800. The predicted molar refractivity (Wildman–Crippen MR) is 54.7 cm³/mol. The first kappa shape index (κ1) is 14.7. The van der Waals surface area contributed by atoms with Crippen molar-refractivity contribution in [1.29, 1.82) is 0 Å². The second-order valence-corrected chi connectivity index (χ2v) is 3.40. The summed E-state index contributed by atoms with van der Waals surface area (Å²) in [5, 5.41) is 0. The highest BCUT2D eigenvalue weighted by atomic mass is 16.7. The number of rotatable bonds is 5. The summed E-state index contributed by atoms with van der Waals surface area (Å²) in [6.45, 7) is 6.61. The molecule has 0 aliphatic carbocycles. The third-order valence-electron chi connectivity index (χ3n) is 1.52. The van der Waals surface area contributed by atoms with E-state index in [0.717, 1.165) is 7.11 Å². The Kier molecular flexibility index (Phi) is 6.48. The molecule has 6 heteroatoms. The van der Waals surface area contributed by atoms with E-state index in [-0.39, 0.29) is 6.10 Å². The van der Waals surface area contributed by atoms with Gasteiger partial charge in [0.15, 0.2) is 6.10 Å². The van der Waals surface area contributed by atoms with E-state index in [1.165, 1.54) is 6.92 Å². The standard InChI is InChI=1S/C10H18O6/c1-6(2)14-8(4)16-9(11)7(3)15-10(12)13-5/h6-8H,1-5H3. The fourth-order valence-electron chi connectivity index (χ4n) is 0.911. The molecule has 0 heterocycles. The molecule has 0 rings (SSSR count). The van der Waals surface area contributed by atoms with Crippen LogP contribution >= 0.6 is 0 Å². The van der Waals surface area contributed by atoms with E-state index >= 15 is 0 Å². The maximum atomic E-state index is 11.4. The monoisotopic (exact) mass is 234 g/mol. The van der Waals surface area contributed by atoms with Gasteiger partial charge in [0.25, 0.3) is 0 Å². The van der Waals surface area contributed by atoms with Gasteiger partial charge in [-0.25, -0.2) is 9.59 Å². The number of ether oxygens (including phenoxy) is 4. The highest BCUT2D eigenvalue weighted by molar-refractivity contribution is 5.77. The van der Waals surface area contributed by atoms with Crippen LogP contribution < -0.4 is 0 Å². The lowest BCUT2D eigenvalue weighted by atomic mass is 10.4. The Morgan fingerprint density at radius 3 is 2.00 bits per heavy atom.